The maximum absolute atomic E-state index is 12.1. The molecule has 0 radical (unpaired) electrons. The predicted octanol–water partition coefficient (Wildman–Crippen LogP) is 2.77. The van der Waals surface area contributed by atoms with E-state index in [0.29, 0.717) is 18.7 Å². The lowest BCUT2D eigenvalue weighted by Gasteiger charge is -2.07. The predicted molar refractivity (Wildman–Crippen MR) is 81.3 cm³/mol. The molecule has 1 amide bonds. The zero-order chi connectivity index (χ0) is 15.1. The molecule has 0 aliphatic carbocycles. The number of hydrogen-bond donors (Lipinski definition) is 1. The first kappa shape index (κ1) is 15.1. The molecule has 110 valence electrons. The molecule has 0 aliphatic heterocycles. The van der Waals surface area contributed by atoms with Gasteiger partial charge < -0.3 is 14.8 Å². The summed E-state index contributed by atoms with van der Waals surface area (Å²) in [5.74, 6) is 0.709. The quantitative estimate of drug-likeness (QED) is 0.887. The molecule has 0 fully saturated rings. The van der Waals surface area contributed by atoms with Gasteiger partial charge in [-0.2, -0.15) is 0 Å². The fourth-order valence-electron chi connectivity index (χ4n) is 2.00. The molecule has 0 unspecified atom stereocenters. The summed E-state index contributed by atoms with van der Waals surface area (Å²) >= 11 is 0. The van der Waals surface area contributed by atoms with Crippen LogP contribution < -0.4 is 10.1 Å². The molecule has 2 aromatic rings. The van der Waals surface area contributed by atoms with E-state index in [2.05, 4.69) is 5.32 Å². The van der Waals surface area contributed by atoms with Crippen LogP contribution >= 0.6 is 0 Å². The lowest BCUT2D eigenvalue weighted by atomic mass is 10.1. The van der Waals surface area contributed by atoms with Crippen molar-refractivity contribution in [2.75, 3.05) is 14.2 Å². The fraction of sp³-hybridized carbons (Fsp3) is 0.235. The molecule has 0 bridgehead atoms. The van der Waals surface area contributed by atoms with Crippen molar-refractivity contribution < 1.29 is 14.3 Å². The SMILES string of the molecule is COCc1cccc(C(=O)NCc2ccc(OC)cc2)c1. The molecular weight excluding hydrogens is 266 g/mol. The smallest absolute Gasteiger partial charge is 0.251 e. The van der Waals surface area contributed by atoms with Crippen LogP contribution in [0.3, 0.4) is 0 Å². The summed E-state index contributed by atoms with van der Waals surface area (Å²) in [5, 5.41) is 2.90. The number of carbonyl (C=O) groups excluding carboxylic acids is 1. The van der Waals surface area contributed by atoms with E-state index in [1.165, 1.54) is 0 Å². The number of benzene rings is 2. The van der Waals surface area contributed by atoms with Crippen molar-refractivity contribution in [2.45, 2.75) is 13.2 Å². The normalized spacial score (nSPS) is 10.2. The maximum atomic E-state index is 12.1. The topological polar surface area (TPSA) is 47.6 Å². The Labute approximate surface area is 124 Å². The Hall–Kier alpha value is -2.33. The van der Waals surface area contributed by atoms with Crippen molar-refractivity contribution in [3.8, 4) is 5.75 Å². The zero-order valence-corrected chi connectivity index (χ0v) is 12.3. The highest BCUT2D eigenvalue weighted by Crippen LogP contribution is 2.11. The molecule has 2 aromatic carbocycles. The summed E-state index contributed by atoms with van der Waals surface area (Å²) < 4.78 is 10.2. The van der Waals surface area contributed by atoms with Gasteiger partial charge >= 0.3 is 0 Å². The largest absolute Gasteiger partial charge is 0.497 e. The van der Waals surface area contributed by atoms with E-state index in [4.69, 9.17) is 9.47 Å². The van der Waals surface area contributed by atoms with E-state index in [1.54, 1.807) is 20.3 Å². The number of methoxy groups -OCH3 is 2. The maximum Gasteiger partial charge on any atom is 0.251 e. The van der Waals surface area contributed by atoms with Crippen molar-refractivity contribution >= 4 is 5.91 Å². The van der Waals surface area contributed by atoms with E-state index < -0.39 is 0 Å². The van der Waals surface area contributed by atoms with Gasteiger partial charge in [-0.25, -0.2) is 0 Å². The van der Waals surface area contributed by atoms with Gasteiger partial charge in [0, 0.05) is 19.2 Å². The van der Waals surface area contributed by atoms with Crippen molar-refractivity contribution in [3.05, 3.63) is 65.2 Å². The molecule has 0 saturated carbocycles. The second-order valence-corrected chi connectivity index (χ2v) is 4.66. The molecule has 0 atom stereocenters. The minimum absolute atomic E-state index is 0.0937. The van der Waals surface area contributed by atoms with Crippen LogP contribution in [0.5, 0.6) is 5.75 Å². The number of hydrogen-bond acceptors (Lipinski definition) is 3. The van der Waals surface area contributed by atoms with Gasteiger partial charge in [0.1, 0.15) is 5.75 Å². The average molecular weight is 285 g/mol. The zero-order valence-electron chi connectivity index (χ0n) is 12.3. The van der Waals surface area contributed by atoms with Crippen LogP contribution in [-0.2, 0) is 17.9 Å². The molecule has 0 aliphatic rings. The van der Waals surface area contributed by atoms with Gasteiger partial charge in [-0.1, -0.05) is 24.3 Å². The monoisotopic (exact) mass is 285 g/mol. The lowest BCUT2D eigenvalue weighted by Crippen LogP contribution is -2.22. The molecule has 2 rings (SSSR count). The van der Waals surface area contributed by atoms with Crippen molar-refractivity contribution in [1.29, 1.82) is 0 Å². The Morgan fingerprint density at radius 1 is 1.05 bits per heavy atom. The van der Waals surface area contributed by atoms with Crippen LogP contribution in [0.15, 0.2) is 48.5 Å². The van der Waals surface area contributed by atoms with Gasteiger partial charge in [0.05, 0.1) is 13.7 Å². The highest BCUT2D eigenvalue weighted by Gasteiger charge is 2.06. The minimum atomic E-state index is -0.0937. The van der Waals surface area contributed by atoms with Crippen LogP contribution in [0, 0.1) is 0 Å². The van der Waals surface area contributed by atoms with E-state index >= 15 is 0 Å². The molecule has 21 heavy (non-hydrogen) atoms. The van der Waals surface area contributed by atoms with Crippen molar-refractivity contribution in [2.24, 2.45) is 0 Å². The molecule has 0 aromatic heterocycles. The van der Waals surface area contributed by atoms with E-state index in [0.717, 1.165) is 16.9 Å². The Bertz CT molecular complexity index is 593. The van der Waals surface area contributed by atoms with Gasteiger partial charge in [-0.15, -0.1) is 0 Å². The summed E-state index contributed by atoms with van der Waals surface area (Å²) in [6.07, 6.45) is 0. The van der Waals surface area contributed by atoms with Crippen LogP contribution in [0.25, 0.3) is 0 Å². The summed E-state index contributed by atoms with van der Waals surface area (Å²) in [5.41, 5.74) is 2.64. The van der Waals surface area contributed by atoms with Crippen LogP contribution in [-0.4, -0.2) is 20.1 Å². The second kappa shape index (κ2) is 7.45. The summed E-state index contributed by atoms with van der Waals surface area (Å²) in [6.45, 7) is 0.983. The van der Waals surface area contributed by atoms with Gasteiger partial charge in [0.2, 0.25) is 0 Å². The molecule has 4 nitrogen and oxygen atoms in total. The number of rotatable bonds is 6. The number of carbonyl (C=O) groups is 1. The average Bonchev–Trinajstić information content (AvgIpc) is 2.53. The Kier molecular flexibility index (Phi) is 5.35. The Morgan fingerprint density at radius 3 is 2.48 bits per heavy atom. The lowest BCUT2D eigenvalue weighted by molar-refractivity contribution is 0.0950. The molecular formula is C17H19NO3. The fourth-order valence-corrected chi connectivity index (χ4v) is 2.00. The summed E-state index contributed by atoms with van der Waals surface area (Å²) in [7, 11) is 3.26. The minimum Gasteiger partial charge on any atom is -0.497 e. The van der Waals surface area contributed by atoms with Crippen molar-refractivity contribution in [3.63, 3.8) is 0 Å². The van der Waals surface area contributed by atoms with E-state index in [1.807, 2.05) is 42.5 Å². The third-order valence-corrected chi connectivity index (χ3v) is 3.11. The third-order valence-electron chi connectivity index (χ3n) is 3.11. The van der Waals surface area contributed by atoms with E-state index in [9.17, 15) is 4.79 Å². The first-order valence-electron chi connectivity index (χ1n) is 6.72. The first-order valence-corrected chi connectivity index (χ1v) is 6.72. The number of nitrogens with one attached hydrogen (secondary N) is 1. The molecule has 0 spiro atoms. The van der Waals surface area contributed by atoms with Crippen LogP contribution in [0.1, 0.15) is 21.5 Å². The molecule has 0 heterocycles. The highest BCUT2D eigenvalue weighted by atomic mass is 16.5. The van der Waals surface area contributed by atoms with Gasteiger partial charge in [-0.05, 0) is 35.4 Å². The summed E-state index contributed by atoms with van der Waals surface area (Å²) in [4.78, 5) is 12.1. The molecule has 0 saturated heterocycles. The first-order chi connectivity index (χ1) is 10.2. The van der Waals surface area contributed by atoms with Crippen molar-refractivity contribution in [1.82, 2.24) is 5.32 Å². The molecule has 4 heteroatoms. The van der Waals surface area contributed by atoms with E-state index in [-0.39, 0.29) is 5.91 Å². The third kappa shape index (κ3) is 4.33. The summed E-state index contributed by atoms with van der Waals surface area (Å²) in [6, 6.07) is 15.0. The Morgan fingerprint density at radius 2 is 1.81 bits per heavy atom. The van der Waals surface area contributed by atoms with Crippen LogP contribution in [0.2, 0.25) is 0 Å². The number of amides is 1. The molecule has 1 N–H and O–H groups in total. The Balaban J connectivity index is 1.95. The number of ether oxygens (including phenoxy) is 2. The van der Waals surface area contributed by atoms with Gasteiger partial charge in [0.25, 0.3) is 5.91 Å². The van der Waals surface area contributed by atoms with Crippen LogP contribution in [0.4, 0.5) is 0 Å². The standard InChI is InChI=1S/C17H19NO3/c1-20-12-14-4-3-5-15(10-14)17(19)18-11-13-6-8-16(21-2)9-7-13/h3-10H,11-12H2,1-2H3,(H,18,19). The van der Waals surface area contributed by atoms with Gasteiger partial charge in [-0.3, -0.25) is 4.79 Å². The highest BCUT2D eigenvalue weighted by molar-refractivity contribution is 5.94. The van der Waals surface area contributed by atoms with Gasteiger partial charge in [0.15, 0.2) is 0 Å². The second-order valence-electron chi connectivity index (χ2n) is 4.66.